The summed E-state index contributed by atoms with van der Waals surface area (Å²) in [6, 6.07) is 2.02. The maximum absolute atomic E-state index is 4.36. The average Bonchev–Trinajstić information content (AvgIpc) is 2.66. The van der Waals surface area contributed by atoms with Gasteiger partial charge in [-0.3, -0.25) is 9.67 Å². The Morgan fingerprint density at radius 2 is 2.21 bits per heavy atom. The summed E-state index contributed by atoms with van der Waals surface area (Å²) >= 11 is 3.39. The minimum absolute atomic E-state index is 0.961. The van der Waals surface area contributed by atoms with Crippen molar-refractivity contribution in [3.8, 4) is 0 Å². The molecule has 5 heteroatoms. The van der Waals surface area contributed by atoms with Crippen molar-refractivity contribution in [2.75, 3.05) is 0 Å². The van der Waals surface area contributed by atoms with E-state index in [4.69, 9.17) is 0 Å². The standard InChI is InChI=1S/C9H7BrN4/c1-14-9-7(4-12-14)13-6-2-5(10)3-11-8(6)9/h2-4,13H,1H3. The highest BCUT2D eigenvalue weighted by Gasteiger charge is 2.09. The van der Waals surface area contributed by atoms with Crippen LogP contribution in [0.2, 0.25) is 0 Å². The Labute approximate surface area is 88.1 Å². The molecule has 0 atom stereocenters. The molecule has 4 nitrogen and oxygen atoms in total. The molecule has 0 saturated carbocycles. The fourth-order valence-electron chi connectivity index (χ4n) is 1.68. The molecule has 0 aliphatic carbocycles. The second-order valence-electron chi connectivity index (χ2n) is 3.21. The summed E-state index contributed by atoms with van der Waals surface area (Å²) in [5, 5.41) is 4.16. The molecule has 0 fully saturated rings. The molecule has 0 aliphatic rings. The molecule has 0 spiro atoms. The summed E-state index contributed by atoms with van der Waals surface area (Å²) in [5.41, 5.74) is 4.06. The first-order chi connectivity index (χ1) is 6.75. The van der Waals surface area contributed by atoms with Crippen LogP contribution in [0.15, 0.2) is 22.9 Å². The van der Waals surface area contributed by atoms with Gasteiger partial charge in [0.2, 0.25) is 0 Å². The molecule has 0 amide bonds. The van der Waals surface area contributed by atoms with Crippen molar-refractivity contribution in [3.63, 3.8) is 0 Å². The average molecular weight is 251 g/mol. The van der Waals surface area contributed by atoms with E-state index in [1.54, 1.807) is 6.20 Å². The highest BCUT2D eigenvalue weighted by molar-refractivity contribution is 9.10. The van der Waals surface area contributed by atoms with Crippen molar-refractivity contribution in [1.82, 2.24) is 19.7 Å². The quantitative estimate of drug-likeness (QED) is 0.665. The Morgan fingerprint density at radius 1 is 1.36 bits per heavy atom. The molecule has 14 heavy (non-hydrogen) atoms. The zero-order valence-corrected chi connectivity index (χ0v) is 9.04. The van der Waals surface area contributed by atoms with Gasteiger partial charge in [0.15, 0.2) is 0 Å². The largest absolute Gasteiger partial charge is 0.351 e. The topological polar surface area (TPSA) is 46.5 Å². The Kier molecular flexibility index (Phi) is 1.47. The van der Waals surface area contributed by atoms with Gasteiger partial charge in [0.25, 0.3) is 0 Å². The number of halogens is 1. The lowest BCUT2D eigenvalue weighted by atomic mass is 10.3. The number of hydrogen-bond donors (Lipinski definition) is 1. The maximum atomic E-state index is 4.36. The van der Waals surface area contributed by atoms with Crippen LogP contribution >= 0.6 is 15.9 Å². The van der Waals surface area contributed by atoms with E-state index in [2.05, 4.69) is 31.0 Å². The number of hydrogen-bond acceptors (Lipinski definition) is 2. The predicted molar refractivity (Wildman–Crippen MR) is 58.1 cm³/mol. The zero-order valence-electron chi connectivity index (χ0n) is 7.45. The van der Waals surface area contributed by atoms with E-state index in [0.29, 0.717) is 0 Å². The third-order valence-corrected chi connectivity index (χ3v) is 2.72. The van der Waals surface area contributed by atoms with Crippen molar-refractivity contribution in [1.29, 1.82) is 0 Å². The van der Waals surface area contributed by atoms with Crippen molar-refractivity contribution >= 4 is 38.0 Å². The molecular weight excluding hydrogens is 244 g/mol. The van der Waals surface area contributed by atoms with Crippen LogP contribution in [0.1, 0.15) is 0 Å². The number of aromatic nitrogens is 4. The normalized spacial score (nSPS) is 11.6. The molecule has 0 radical (unpaired) electrons. The van der Waals surface area contributed by atoms with E-state index in [1.165, 1.54) is 0 Å². The third kappa shape index (κ3) is 0.928. The van der Waals surface area contributed by atoms with E-state index in [0.717, 1.165) is 26.5 Å². The van der Waals surface area contributed by atoms with Gasteiger partial charge in [-0.15, -0.1) is 0 Å². The van der Waals surface area contributed by atoms with Crippen LogP contribution in [0.25, 0.3) is 22.1 Å². The highest BCUT2D eigenvalue weighted by Crippen LogP contribution is 2.24. The van der Waals surface area contributed by atoms with Crippen molar-refractivity contribution in [3.05, 3.63) is 22.9 Å². The number of aromatic amines is 1. The van der Waals surface area contributed by atoms with Gasteiger partial charge in [-0.25, -0.2) is 0 Å². The van der Waals surface area contributed by atoms with Crippen LogP contribution in [0.3, 0.4) is 0 Å². The van der Waals surface area contributed by atoms with Crippen molar-refractivity contribution < 1.29 is 0 Å². The number of nitrogens with one attached hydrogen (secondary N) is 1. The molecule has 0 saturated heterocycles. The van der Waals surface area contributed by atoms with E-state index < -0.39 is 0 Å². The summed E-state index contributed by atoms with van der Waals surface area (Å²) in [7, 11) is 1.92. The Bertz CT molecular complexity index is 622. The van der Waals surface area contributed by atoms with Gasteiger partial charge < -0.3 is 4.98 Å². The van der Waals surface area contributed by atoms with Gasteiger partial charge in [0.05, 0.1) is 17.2 Å². The molecule has 0 bridgehead atoms. The first kappa shape index (κ1) is 7.99. The van der Waals surface area contributed by atoms with Gasteiger partial charge in [-0.2, -0.15) is 5.10 Å². The van der Waals surface area contributed by atoms with Crippen LogP contribution < -0.4 is 0 Å². The predicted octanol–water partition coefficient (Wildman–Crippen LogP) is 2.21. The Morgan fingerprint density at radius 3 is 3.07 bits per heavy atom. The lowest BCUT2D eigenvalue weighted by Crippen LogP contribution is -1.89. The number of pyridine rings is 1. The molecule has 0 unspecified atom stereocenters. The lowest BCUT2D eigenvalue weighted by molar-refractivity contribution is 0.798. The Balaban J connectivity index is 2.58. The molecule has 3 rings (SSSR count). The van der Waals surface area contributed by atoms with Crippen LogP contribution in [-0.4, -0.2) is 19.7 Å². The molecule has 0 aromatic carbocycles. The van der Waals surface area contributed by atoms with Crippen LogP contribution in [0.5, 0.6) is 0 Å². The van der Waals surface area contributed by atoms with Crippen LogP contribution in [0.4, 0.5) is 0 Å². The van der Waals surface area contributed by atoms with Gasteiger partial charge in [-0.05, 0) is 22.0 Å². The number of nitrogens with zero attached hydrogens (tertiary/aromatic N) is 3. The molecule has 70 valence electrons. The second kappa shape index (κ2) is 2.57. The second-order valence-corrected chi connectivity index (χ2v) is 4.12. The van der Waals surface area contributed by atoms with Gasteiger partial charge in [-0.1, -0.05) is 0 Å². The molecular formula is C9H7BrN4. The molecule has 3 aromatic rings. The minimum atomic E-state index is 0.961. The molecule has 3 heterocycles. The van der Waals surface area contributed by atoms with Gasteiger partial charge in [0, 0.05) is 17.7 Å². The maximum Gasteiger partial charge on any atom is 0.114 e. The molecule has 1 N–H and O–H groups in total. The fourth-order valence-corrected chi connectivity index (χ4v) is 2.01. The first-order valence-corrected chi connectivity index (χ1v) is 5.00. The van der Waals surface area contributed by atoms with E-state index in [1.807, 2.05) is 24.0 Å². The van der Waals surface area contributed by atoms with Gasteiger partial charge in [0.1, 0.15) is 11.0 Å². The van der Waals surface area contributed by atoms with E-state index >= 15 is 0 Å². The minimum Gasteiger partial charge on any atom is -0.351 e. The van der Waals surface area contributed by atoms with Gasteiger partial charge >= 0.3 is 0 Å². The zero-order chi connectivity index (χ0) is 9.71. The van der Waals surface area contributed by atoms with Crippen LogP contribution in [0, 0.1) is 0 Å². The smallest absolute Gasteiger partial charge is 0.114 e. The van der Waals surface area contributed by atoms with E-state index in [9.17, 15) is 0 Å². The number of fused-ring (bicyclic) bond motifs is 3. The summed E-state index contributed by atoms with van der Waals surface area (Å²) in [5.74, 6) is 0. The number of aryl methyl sites for hydroxylation is 1. The fraction of sp³-hybridized carbons (Fsp3) is 0.111. The van der Waals surface area contributed by atoms with Crippen molar-refractivity contribution in [2.45, 2.75) is 0 Å². The third-order valence-electron chi connectivity index (χ3n) is 2.29. The first-order valence-electron chi connectivity index (χ1n) is 4.20. The lowest BCUT2D eigenvalue weighted by Gasteiger charge is -1.92. The summed E-state index contributed by atoms with van der Waals surface area (Å²) < 4.78 is 2.80. The van der Waals surface area contributed by atoms with Crippen molar-refractivity contribution in [2.24, 2.45) is 7.05 Å². The Hall–Kier alpha value is -1.36. The monoisotopic (exact) mass is 250 g/mol. The molecule has 3 aromatic heterocycles. The van der Waals surface area contributed by atoms with Crippen LogP contribution in [-0.2, 0) is 7.05 Å². The molecule has 0 aliphatic heterocycles. The summed E-state index contributed by atoms with van der Waals surface area (Å²) in [6.07, 6.45) is 3.60. The van der Waals surface area contributed by atoms with E-state index in [-0.39, 0.29) is 0 Å². The summed E-state index contributed by atoms with van der Waals surface area (Å²) in [6.45, 7) is 0. The summed E-state index contributed by atoms with van der Waals surface area (Å²) in [4.78, 5) is 7.63. The highest BCUT2D eigenvalue weighted by atomic mass is 79.9. The number of H-pyrrole nitrogens is 1. The SMILES string of the molecule is Cn1ncc2[nH]c3cc(Br)cnc3c21. The number of rotatable bonds is 0.